The summed E-state index contributed by atoms with van der Waals surface area (Å²) in [5.74, 6) is 0.809. The highest BCUT2D eigenvalue weighted by Crippen LogP contribution is 2.41. The molecule has 0 heterocycles. The molecule has 6 heteroatoms. The molecule has 0 aliphatic heterocycles. The van der Waals surface area contributed by atoms with Gasteiger partial charge in [-0.15, -0.1) is 0 Å². The van der Waals surface area contributed by atoms with Gasteiger partial charge >= 0.3 is 5.97 Å². The van der Waals surface area contributed by atoms with Gasteiger partial charge < -0.3 is 19.5 Å². The minimum Gasteiger partial charge on any atom is -0.492 e. The molecule has 1 N–H and O–H groups in total. The van der Waals surface area contributed by atoms with E-state index < -0.39 is 0 Å². The Morgan fingerprint density at radius 1 is 1.33 bits per heavy atom. The number of benzene rings is 1. The summed E-state index contributed by atoms with van der Waals surface area (Å²) in [6.07, 6.45) is 5.20. The molecule has 3 rings (SSSR count). The monoisotopic (exact) mass is 395 g/mol. The van der Waals surface area contributed by atoms with Crippen LogP contribution < -0.4 is 10.1 Å². The van der Waals surface area contributed by atoms with Crippen LogP contribution in [-0.2, 0) is 27.2 Å². The predicted molar refractivity (Wildman–Crippen MR) is 105 cm³/mol. The molecule has 0 aromatic heterocycles. The highest BCUT2D eigenvalue weighted by Gasteiger charge is 2.44. The van der Waals surface area contributed by atoms with Crippen molar-refractivity contribution in [3.05, 3.63) is 28.3 Å². The summed E-state index contributed by atoms with van der Waals surface area (Å²) in [6, 6.07) is 4.82. The first-order valence-corrected chi connectivity index (χ1v) is 10.3. The Morgan fingerprint density at radius 2 is 2.15 bits per heavy atom. The summed E-state index contributed by atoms with van der Waals surface area (Å²) >= 11 is 6.62. The molecule has 0 amide bonds. The summed E-state index contributed by atoms with van der Waals surface area (Å²) in [5.41, 5.74) is 2.28. The average Bonchev–Trinajstić information content (AvgIpc) is 3.55. The highest BCUT2D eigenvalue weighted by atomic mass is 35.5. The Hall–Kier alpha value is -1.30. The zero-order valence-electron chi connectivity index (χ0n) is 16.3. The number of aryl methyl sites for hydroxylation is 1. The van der Waals surface area contributed by atoms with Gasteiger partial charge in [0.05, 0.1) is 24.2 Å². The van der Waals surface area contributed by atoms with E-state index in [4.69, 9.17) is 25.8 Å². The molecule has 0 radical (unpaired) electrons. The number of halogens is 1. The van der Waals surface area contributed by atoms with E-state index in [0.717, 1.165) is 38.0 Å². The van der Waals surface area contributed by atoms with E-state index in [1.807, 2.05) is 13.0 Å². The largest absolute Gasteiger partial charge is 0.492 e. The van der Waals surface area contributed by atoms with Crippen molar-refractivity contribution in [2.45, 2.75) is 51.6 Å². The number of ether oxygens (including phenoxy) is 3. The molecule has 150 valence electrons. The van der Waals surface area contributed by atoms with Gasteiger partial charge in [-0.05, 0) is 56.2 Å². The van der Waals surface area contributed by atoms with Crippen LogP contribution >= 0.6 is 11.6 Å². The van der Waals surface area contributed by atoms with E-state index in [0.29, 0.717) is 30.0 Å². The van der Waals surface area contributed by atoms with Gasteiger partial charge in [-0.2, -0.15) is 0 Å². The molecular weight excluding hydrogens is 366 g/mol. The van der Waals surface area contributed by atoms with Crippen molar-refractivity contribution in [3.8, 4) is 5.75 Å². The third-order valence-corrected chi connectivity index (χ3v) is 5.54. The Kier molecular flexibility index (Phi) is 7.39. The van der Waals surface area contributed by atoms with E-state index in [1.54, 1.807) is 7.11 Å². The molecule has 1 aromatic carbocycles. The topological polar surface area (TPSA) is 56.8 Å². The van der Waals surface area contributed by atoms with Crippen LogP contribution in [0.5, 0.6) is 5.75 Å². The summed E-state index contributed by atoms with van der Waals surface area (Å²) in [4.78, 5) is 11.8. The van der Waals surface area contributed by atoms with Crippen LogP contribution in [-0.4, -0.2) is 38.9 Å². The van der Waals surface area contributed by atoms with Crippen molar-refractivity contribution >= 4 is 17.6 Å². The van der Waals surface area contributed by atoms with Gasteiger partial charge in [0.2, 0.25) is 0 Å². The van der Waals surface area contributed by atoms with Crippen molar-refractivity contribution in [3.63, 3.8) is 0 Å². The van der Waals surface area contributed by atoms with E-state index in [1.165, 1.54) is 18.4 Å². The Balaban J connectivity index is 1.61. The quantitative estimate of drug-likeness (QED) is 0.431. The van der Waals surface area contributed by atoms with Crippen molar-refractivity contribution in [2.24, 2.45) is 11.8 Å². The van der Waals surface area contributed by atoms with Gasteiger partial charge in [0.1, 0.15) is 5.75 Å². The van der Waals surface area contributed by atoms with Crippen LogP contribution in [0.4, 0.5) is 0 Å². The van der Waals surface area contributed by atoms with E-state index in [-0.39, 0.29) is 17.8 Å². The van der Waals surface area contributed by atoms with Gasteiger partial charge in [-0.1, -0.05) is 17.7 Å². The van der Waals surface area contributed by atoms with Crippen molar-refractivity contribution in [1.82, 2.24) is 5.32 Å². The zero-order valence-corrected chi connectivity index (χ0v) is 17.0. The fraction of sp³-hybridized carbons (Fsp3) is 0.667. The number of carbonyl (C=O) groups excluding carboxylic acids is 1. The fourth-order valence-electron chi connectivity index (χ4n) is 3.23. The second-order valence-corrected chi connectivity index (χ2v) is 7.86. The lowest BCUT2D eigenvalue weighted by molar-refractivity contribution is -0.145. The minimum absolute atomic E-state index is 0.0235. The number of nitrogens with one attached hydrogen (secondary N) is 1. The third-order valence-electron chi connectivity index (χ3n) is 5.11. The number of methoxy groups -OCH3 is 1. The smallest absolute Gasteiger partial charge is 0.309 e. The second kappa shape index (κ2) is 9.76. The molecule has 0 spiro atoms. The van der Waals surface area contributed by atoms with Crippen molar-refractivity contribution in [2.75, 3.05) is 26.9 Å². The fourth-order valence-corrected chi connectivity index (χ4v) is 3.46. The molecule has 2 atom stereocenters. The molecule has 2 fully saturated rings. The zero-order chi connectivity index (χ0) is 19.2. The highest BCUT2D eigenvalue weighted by molar-refractivity contribution is 6.32. The number of rotatable bonds is 12. The Labute approximate surface area is 166 Å². The molecule has 0 saturated heterocycles. The molecule has 2 aliphatic carbocycles. The number of hydrogen-bond acceptors (Lipinski definition) is 5. The maximum Gasteiger partial charge on any atom is 0.309 e. The number of carbonyl (C=O) groups is 1. The second-order valence-electron chi connectivity index (χ2n) is 7.48. The minimum atomic E-state index is -0.111. The van der Waals surface area contributed by atoms with Crippen LogP contribution in [0.15, 0.2) is 12.1 Å². The first-order chi connectivity index (χ1) is 13.1. The molecule has 1 unspecified atom stereocenters. The van der Waals surface area contributed by atoms with Crippen molar-refractivity contribution in [1.29, 1.82) is 0 Å². The lowest BCUT2D eigenvalue weighted by Crippen LogP contribution is -2.16. The number of esters is 1. The Morgan fingerprint density at radius 3 is 2.85 bits per heavy atom. The van der Waals surface area contributed by atoms with Crippen LogP contribution in [0.3, 0.4) is 0 Å². The third kappa shape index (κ3) is 6.09. The van der Waals surface area contributed by atoms with Gasteiger partial charge in [-0.25, -0.2) is 0 Å². The van der Waals surface area contributed by atoms with Crippen molar-refractivity contribution < 1.29 is 19.0 Å². The lowest BCUT2D eigenvalue weighted by Gasteiger charge is -2.15. The van der Waals surface area contributed by atoms with Gasteiger partial charge in [0.15, 0.2) is 0 Å². The number of hydrogen-bond donors (Lipinski definition) is 1. The van der Waals surface area contributed by atoms with E-state index in [2.05, 4.69) is 11.4 Å². The first-order valence-electron chi connectivity index (χ1n) is 9.95. The van der Waals surface area contributed by atoms with E-state index >= 15 is 0 Å². The van der Waals surface area contributed by atoms with Crippen LogP contribution in [0.25, 0.3) is 0 Å². The molecule has 2 aliphatic rings. The summed E-state index contributed by atoms with van der Waals surface area (Å²) in [6.45, 7) is 4.25. The maximum atomic E-state index is 11.8. The molecule has 1 aromatic rings. The first kappa shape index (κ1) is 20.4. The van der Waals surface area contributed by atoms with E-state index in [9.17, 15) is 4.79 Å². The van der Waals surface area contributed by atoms with Crippen LogP contribution in [0, 0.1) is 11.8 Å². The molecular formula is C21H30ClNO4. The normalized spacial score (nSPS) is 21.1. The molecule has 5 nitrogen and oxygen atoms in total. The lowest BCUT2D eigenvalue weighted by atomic mass is 10.1. The van der Waals surface area contributed by atoms with Crippen LogP contribution in [0.2, 0.25) is 5.02 Å². The average molecular weight is 396 g/mol. The van der Waals surface area contributed by atoms with Gasteiger partial charge in [-0.3, -0.25) is 4.79 Å². The maximum absolute atomic E-state index is 11.8. The summed E-state index contributed by atoms with van der Waals surface area (Å²) < 4.78 is 16.3. The molecule has 2 saturated carbocycles. The summed E-state index contributed by atoms with van der Waals surface area (Å²) in [7, 11) is 1.72. The molecule has 0 bridgehead atoms. The standard InChI is InChI=1S/C21H30ClNO4/c1-3-26-21(24)18-11-16(18)13-27-19-10-14(5-4-8-25-2)9-15(20(19)22)12-23-17-6-7-17/h9-10,16-18,23H,3-8,11-13H2,1-2H3/t16?,18-/m1/s1. The van der Waals surface area contributed by atoms with Gasteiger partial charge in [0.25, 0.3) is 0 Å². The summed E-state index contributed by atoms with van der Waals surface area (Å²) in [5, 5.41) is 4.20. The Bertz CT molecular complexity index is 647. The SMILES string of the molecule is CCOC(=O)[C@@H]1CC1COc1cc(CCCOC)cc(CNC2CC2)c1Cl. The van der Waals surface area contributed by atoms with Gasteiger partial charge in [0, 0.05) is 32.2 Å². The van der Waals surface area contributed by atoms with Crippen LogP contribution in [0.1, 0.15) is 43.7 Å². The molecule has 27 heavy (non-hydrogen) atoms. The predicted octanol–water partition coefficient (Wildman–Crippen LogP) is 3.75.